The molecule has 2 rings (SSSR count). The average Bonchev–Trinajstić information content (AvgIpc) is 2.69. The van der Waals surface area contributed by atoms with Gasteiger partial charge in [-0.15, -0.1) is 0 Å². The molecule has 0 radical (unpaired) electrons. The van der Waals surface area contributed by atoms with Crippen LogP contribution in [0.4, 0.5) is 0 Å². The number of piperidine rings is 1. The molecule has 2 atom stereocenters. The van der Waals surface area contributed by atoms with Crippen LogP contribution in [0, 0.1) is 0 Å². The molecule has 2 fully saturated rings. The molecule has 4 N–H and O–H groups in total. The molecular weight excluding hydrogens is 178 g/mol. The third-order valence-corrected chi connectivity index (χ3v) is 3.23. The fourth-order valence-electron chi connectivity index (χ4n) is 2.27. The third kappa shape index (κ3) is 2.67. The van der Waals surface area contributed by atoms with Crippen LogP contribution in [0.15, 0.2) is 0 Å². The molecular formula is C10H21N3O. The first-order chi connectivity index (χ1) is 6.79. The monoisotopic (exact) mass is 199 g/mol. The molecule has 0 saturated carbocycles. The van der Waals surface area contributed by atoms with Gasteiger partial charge in [-0.2, -0.15) is 0 Å². The van der Waals surface area contributed by atoms with E-state index in [1.54, 1.807) is 0 Å². The zero-order valence-corrected chi connectivity index (χ0v) is 8.68. The molecule has 4 heteroatoms. The molecule has 2 unspecified atom stereocenters. The van der Waals surface area contributed by atoms with Crippen molar-refractivity contribution in [2.75, 3.05) is 32.7 Å². The van der Waals surface area contributed by atoms with E-state index in [4.69, 9.17) is 0 Å². The second-order valence-electron chi connectivity index (χ2n) is 4.58. The highest BCUT2D eigenvalue weighted by molar-refractivity contribution is 4.89. The smallest absolute Gasteiger partial charge is 0.0895 e. The number of hydrogen-bond acceptors (Lipinski definition) is 4. The van der Waals surface area contributed by atoms with Crippen LogP contribution in [0.25, 0.3) is 0 Å². The van der Waals surface area contributed by atoms with Crippen molar-refractivity contribution >= 4 is 0 Å². The van der Waals surface area contributed by atoms with Gasteiger partial charge in [-0.05, 0) is 32.4 Å². The van der Waals surface area contributed by atoms with E-state index in [9.17, 15) is 5.11 Å². The molecule has 4 nitrogen and oxygen atoms in total. The van der Waals surface area contributed by atoms with E-state index in [2.05, 4.69) is 16.0 Å². The predicted octanol–water partition coefficient (Wildman–Crippen LogP) is -0.948. The molecule has 82 valence electrons. The first-order valence-electron chi connectivity index (χ1n) is 5.66. The van der Waals surface area contributed by atoms with Gasteiger partial charge in [0.05, 0.1) is 5.60 Å². The molecule has 2 aliphatic rings. The van der Waals surface area contributed by atoms with Crippen LogP contribution < -0.4 is 16.0 Å². The van der Waals surface area contributed by atoms with E-state index in [-0.39, 0.29) is 0 Å². The first kappa shape index (κ1) is 10.4. The van der Waals surface area contributed by atoms with Gasteiger partial charge in [0.1, 0.15) is 0 Å². The largest absolute Gasteiger partial charge is 0.387 e. The molecule has 0 aromatic heterocycles. The van der Waals surface area contributed by atoms with Crippen LogP contribution in [-0.4, -0.2) is 49.5 Å². The first-order valence-corrected chi connectivity index (χ1v) is 5.66. The van der Waals surface area contributed by atoms with Gasteiger partial charge in [0.15, 0.2) is 0 Å². The van der Waals surface area contributed by atoms with Gasteiger partial charge in [-0.3, -0.25) is 0 Å². The maximum atomic E-state index is 10.2. The SMILES string of the molecule is OC1(CNC2CCNC2)CCCNC1. The lowest BCUT2D eigenvalue weighted by atomic mass is 9.94. The molecule has 0 aromatic rings. The summed E-state index contributed by atoms with van der Waals surface area (Å²) in [5.74, 6) is 0. The van der Waals surface area contributed by atoms with Gasteiger partial charge in [-0.25, -0.2) is 0 Å². The van der Waals surface area contributed by atoms with Gasteiger partial charge < -0.3 is 21.1 Å². The molecule has 2 saturated heterocycles. The summed E-state index contributed by atoms with van der Waals surface area (Å²) in [6.07, 6.45) is 3.19. The Bertz CT molecular complexity index is 174. The topological polar surface area (TPSA) is 56.3 Å². The number of rotatable bonds is 3. The Hall–Kier alpha value is -0.160. The van der Waals surface area contributed by atoms with E-state index in [1.165, 1.54) is 6.42 Å². The van der Waals surface area contributed by atoms with Gasteiger partial charge in [-0.1, -0.05) is 0 Å². The Kier molecular flexibility index (Phi) is 3.38. The summed E-state index contributed by atoms with van der Waals surface area (Å²) in [5, 5.41) is 20.2. The summed E-state index contributed by atoms with van der Waals surface area (Å²) in [6, 6.07) is 0.556. The van der Waals surface area contributed by atoms with E-state index < -0.39 is 5.60 Å². The summed E-state index contributed by atoms with van der Waals surface area (Å²) in [6.45, 7) is 4.66. The Labute approximate surface area is 85.5 Å². The fourth-order valence-corrected chi connectivity index (χ4v) is 2.27. The average molecular weight is 199 g/mol. The van der Waals surface area contributed by atoms with Crippen molar-refractivity contribution in [3.8, 4) is 0 Å². The quantitative estimate of drug-likeness (QED) is 0.473. The van der Waals surface area contributed by atoms with E-state index in [0.717, 1.165) is 45.6 Å². The molecule has 14 heavy (non-hydrogen) atoms. The molecule has 0 aliphatic carbocycles. The molecule has 0 bridgehead atoms. The molecule has 0 spiro atoms. The van der Waals surface area contributed by atoms with Gasteiger partial charge in [0.2, 0.25) is 0 Å². The van der Waals surface area contributed by atoms with Crippen molar-refractivity contribution in [3.05, 3.63) is 0 Å². The second-order valence-corrected chi connectivity index (χ2v) is 4.58. The lowest BCUT2D eigenvalue weighted by Gasteiger charge is -2.33. The Morgan fingerprint density at radius 3 is 2.93 bits per heavy atom. The highest BCUT2D eigenvalue weighted by Gasteiger charge is 2.29. The van der Waals surface area contributed by atoms with E-state index in [1.807, 2.05) is 0 Å². The van der Waals surface area contributed by atoms with Crippen LogP contribution in [0.3, 0.4) is 0 Å². The minimum absolute atomic E-state index is 0.513. The molecule has 0 amide bonds. The van der Waals surface area contributed by atoms with Crippen LogP contribution >= 0.6 is 0 Å². The lowest BCUT2D eigenvalue weighted by Crippen LogP contribution is -2.53. The van der Waals surface area contributed by atoms with E-state index >= 15 is 0 Å². The Balaban J connectivity index is 1.72. The van der Waals surface area contributed by atoms with Crippen LogP contribution in [0.2, 0.25) is 0 Å². The van der Waals surface area contributed by atoms with Gasteiger partial charge in [0, 0.05) is 25.7 Å². The Morgan fingerprint density at radius 2 is 2.29 bits per heavy atom. The van der Waals surface area contributed by atoms with Crippen LogP contribution in [-0.2, 0) is 0 Å². The van der Waals surface area contributed by atoms with Crippen molar-refractivity contribution in [2.24, 2.45) is 0 Å². The highest BCUT2D eigenvalue weighted by Crippen LogP contribution is 2.15. The summed E-state index contributed by atoms with van der Waals surface area (Å²) >= 11 is 0. The normalized spacial score (nSPS) is 38.8. The zero-order valence-electron chi connectivity index (χ0n) is 8.68. The number of nitrogens with one attached hydrogen (secondary N) is 3. The van der Waals surface area contributed by atoms with Crippen molar-refractivity contribution in [1.82, 2.24) is 16.0 Å². The Morgan fingerprint density at radius 1 is 1.36 bits per heavy atom. The molecule has 0 aromatic carbocycles. The minimum Gasteiger partial charge on any atom is -0.387 e. The third-order valence-electron chi connectivity index (χ3n) is 3.23. The van der Waals surface area contributed by atoms with Crippen molar-refractivity contribution in [1.29, 1.82) is 0 Å². The summed E-state index contributed by atoms with van der Waals surface area (Å²) < 4.78 is 0. The highest BCUT2D eigenvalue weighted by atomic mass is 16.3. The van der Waals surface area contributed by atoms with Crippen LogP contribution in [0.5, 0.6) is 0 Å². The number of aliphatic hydroxyl groups is 1. The lowest BCUT2D eigenvalue weighted by molar-refractivity contribution is 0.0152. The minimum atomic E-state index is -0.513. The molecule has 2 aliphatic heterocycles. The predicted molar refractivity (Wildman–Crippen MR) is 56.3 cm³/mol. The zero-order chi connectivity index (χ0) is 9.86. The van der Waals surface area contributed by atoms with Gasteiger partial charge in [0.25, 0.3) is 0 Å². The summed E-state index contributed by atoms with van der Waals surface area (Å²) in [4.78, 5) is 0. The van der Waals surface area contributed by atoms with Gasteiger partial charge >= 0.3 is 0 Å². The summed E-state index contributed by atoms with van der Waals surface area (Å²) in [5.41, 5.74) is -0.513. The maximum absolute atomic E-state index is 10.2. The number of β-amino-alcohol motifs (C(OH)–C–C–N with tert-alkyl or cyclic N) is 1. The van der Waals surface area contributed by atoms with Crippen molar-refractivity contribution in [2.45, 2.75) is 30.9 Å². The van der Waals surface area contributed by atoms with Crippen molar-refractivity contribution in [3.63, 3.8) is 0 Å². The maximum Gasteiger partial charge on any atom is 0.0895 e. The second kappa shape index (κ2) is 4.57. The van der Waals surface area contributed by atoms with Crippen molar-refractivity contribution < 1.29 is 5.11 Å². The fraction of sp³-hybridized carbons (Fsp3) is 1.00. The molecule has 2 heterocycles. The standard InChI is InChI=1S/C10H21N3O/c14-10(3-1-4-12-7-10)8-13-9-2-5-11-6-9/h9,11-14H,1-8H2. The van der Waals surface area contributed by atoms with E-state index in [0.29, 0.717) is 6.04 Å². The summed E-state index contributed by atoms with van der Waals surface area (Å²) in [7, 11) is 0. The van der Waals surface area contributed by atoms with Crippen LogP contribution in [0.1, 0.15) is 19.3 Å². The number of hydrogen-bond donors (Lipinski definition) is 4.